The Morgan fingerprint density at radius 3 is 3.10 bits per heavy atom. The van der Waals surface area contributed by atoms with Crippen molar-refractivity contribution >= 4 is 27.9 Å². The van der Waals surface area contributed by atoms with Gasteiger partial charge in [-0.25, -0.2) is 9.97 Å². The van der Waals surface area contributed by atoms with Gasteiger partial charge in [-0.2, -0.15) is 9.61 Å². The maximum Gasteiger partial charge on any atom is 0.180 e. The van der Waals surface area contributed by atoms with E-state index in [2.05, 4.69) is 20.4 Å². The molecule has 0 atom stereocenters. The number of nitrogens with two attached hydrogens (primary N) is 1. The summed E-state index contributed by atoms with van der Waals surface area (Å²) in [5.41, 5.74) is 8.51. The number of anilines is 2. The minimum atomic E-state index is 0.635. The van der Waals surface area contributed by atoms with Crippen molar-refractivity contribution in [1.82, 2.24) is 19.6 Å². The number of thiazole rings is 1. The molecule has 3 rings (SSSR count). The van der Waals surface area contributed by atoms with E-state index >= 15 is 0 Å². The van der Waals surface area contributed by atoms with E-state index in [9.17, 15) is 0 Å². The van der Waals surface area contributed by atoms with E-state index in [1.807, 2.05) is 29.0 Å². The summed E-state index contributed by atoms with van der Waals surface area (Å²) in [4.78, 5) is 8.66. The number of nitrogens with zero attached hydrogens (tertiary/aromatic N) is 4. The van der Waals surface area contributed by atoms with Gasteiger partial charge in [-0.15, -0.1) is 11.3 Å². The fourth-order valence-corrected chi connectivity index (χ4v) is 2.69. The molecule has 3 aromatic heterocycles. The topological polar surface area (TPSA) is 81.1 Å². The van der Waals surface area contributed by atoms with Crippen molar-refractivity contribution < 1.29 is 0 Å². The van der Waals surface area contributed by atoms with Crippen LogP contribution in [0.25, 0.3) is 5.65 Å². The van der Waals surface area contributed by atoms with Gasteiger partial charge in [-0.3, -0.25) is 0 Å². The molecule has 0 bridgehead atoms. The second kappa shape index (κ2) is 5.46. The van der Waals surface area contributed by atoms with E-state index in [-0.39, 0.29) is 0 Å². The highest BCUT2D eigenvalue weighted by molar-refractivity contribution is 7.13. The standard InChI is InChI=1S/C13H16N6S/c1-9-7-12(19-11(17-9)4-6-16-19)15-5-2-3-10-8-20-13(14)18-10/h4,6-8,15H,2-3,5H2,1H3,(H2,14,18). The summed E-state index contributed by atoms with van der Waals surface area (Å²) >= 11 is 1.49. The van der Waals surface area contributed by atoms with Crippen molar-refractivity contribution in [2.24, 2.45) is 0 Å². The van der Waals surface area contributed by atoms with Gasteiger partial charge in [0.05, 0.1) is 11.9 Å². The molecule has 0 amide bonds. The molecular weight excluding hydrogens is 272 g/mol. The molecule has 3 N–H and O–H groups in total. The molecule has 0 unspecified atom stereocenters. The fourth-order valence-electron chi connectivity index (χ4n) is 2.09. The molecule has 3 heterocycles. The molecule has 0 aliphatic rings. The molecular formula is C13H16N6S. The molecule has 6 nitrogen and oxygen atoms in total. The van der Waals surface area contributed by atoms with Crippen LogP contribution < -0.4 is 11.1 Å². The van der Waals surface area contributed by atoms with Crippen LogP contribution in [0.5, 0.6) is 0 Å². The number of aryl methyl sites for hydroxylation is 2. The van der Waals surface area contributed by atoms with Crippen LogP contribution in [0.15, 0.2) is 23.7 Å². The van der Waals surface area contributed by atoms with Gasteiger partial charge in [-0.05, 0) is 19.8 Å². The van der Waals surface area contributed by atoms with Crippen LogP contribution in [0.4, 0.5) is 10.9 Å². The lowest BCUT2D eigenvalue weighted by Crippen LogP contribution is -2.09. The summed E-state index contributed by atoms with van der Waals surface area (Å²) in [6.07, 6.45) is 3.67. The van der Waals surface area contributed by atoms with Gasteiger partial charge in [-0.1, -0.05) is 0 Å². The Kier molecular flexibility index (Phi) is 3.51. The molecule has 0 saturated heterocycles. The SMILES string of the molecule is Cc1cc(NCCCc2csc(N)n2)n2nccc2n1. The van der Waals surface area contributed by atoms with E-state index in [1.54, 1.807) is 6.20 Å². The normalized spacial score (nSPS) is 11.1. The van der Waals surface area contributed by atoms with Crippen LogP contribution in [-0.2, 0) is 6.42 Å². The molecule has 0 saturated carbocycles. The number of hydrogen-bond donors (Lipinski definition) is 2. The molecule has 7 heteroatoms. The highest BCUT2D eigenvalue weighted by Crippen LogP contribution is 2.14. The van der Waals surface area contributed by atoms with E-state index in [4.69, 9.17) is 5.73 Å². The zero-order chi connectivity index (χ0) is 13.9. The smallest absolute Gasteiger partial charge is 0.180 e. The summed E-state index contributed by atoms with van der Waals surface area (Å²) in [5, 5.41) is 10.3. The quantitative estimate of drug-likeness (QED) is 0.703. The van der Waals surface area contributed by atoms with E-state index in [0.717, 1.165) is 42.2 Å². The number of aromatic nitrogens is 4. The second-order valence-corrected chi connectivity index (χ2v) is 5.48. The Labute approximate surface area is 120 Å². The molecule has 0 aliphatic carbocycles. The third kappa shape index (κ3) is 2.72. The van der Waals surface area contributed by atoms with E-state index < -0.39 is 0 Å². The summed E-state index contributed by atoms with van der Waals surface area (Å²) in [6.45, 7) is 2.84. The van der Waals surface area contributed by atoms with Crippen molar-refractivity contribution in [1.29, 1.82) is 0 Å². The monoisotopic (exact) mass is 288 g/mol. The predicted molar refractivity (Wildman–Crippen MR) is 81.1 cm³/mol. The Balaban J connectivity index is 1.61. The summed E-state index contributed by atoms with van der Waals surface area (Å²) < 4.78 is 1.81. The van der Waals surface area contributed by atoms with Gasteiger partial charge in [0.1, 0.15) is 5.82 Å². The van der Waals surface area contributed by atoms with Gasteiger partial charge in [0, 0.05) is 29.8 Å². The number of fused-ring (bicyclic) bond motifs is 1. The van der Waals surface area contributed by atoms with Crippen molar-refractivity contribution in [2.75, 3.05) is 17.6 Å². The molecule has 20 heavy (non-hydrogen) atoms. The first-order valence-electron chi connectivity index (χ1n) is 6.47. The lowest BCUT2D eigenvalue weighted by Gasteiger charge is -2.08. The van der Waals surface area contributed by atoms with Crippen molar-refractivity contribution in [3.63, 3.8) is 0 Å². The van der Waals surface area contributed by atoms with Crippen molar-refractivity contribution in [3.8, 4) is 0 Å². The number of nitrogen functional groups attached to an aromatic ring is 1. The minimum absolute atomic E-state index is 0.635. The van der Waals surface area contributed by atoms with E-state index in [1.165, 1.54) is 11.3 Å². The minimum Gasteiger partial charge on any atom is -0.375 e. The first kappa shape index (κ1) is 12.9. The zero-order valence-electron chi connectivity index (χ0n) is 11.2. The first-order valence-corrected chi connectivity index (χ1v) is 7.35. The fraction of sp³-hybridized carbons (Fsp3) is 0.308. The lowest BCUT2D eigenvalue weighted by atomic mass is 10.2. The number of nitrogens with one attached hydrogen (secondary N) is 1. The molecule has 0 fully saturated rings. The zero-order valence-corrected chi connectivity index (χ0v) is 12.0. The highest BCUT2D eigenvalue weighted by Gasteiger charge is 2.04. The second-order valence-electron chi connectivity index (χ2n) is 4.59. The van der Waals surface area contributed by atoms with Gasteiger partial charge < -0.3 is 11.1 Å². The molecule has 0 radical (unpaired) electrons. The molecule has 0 aliphatic heterocycles. The number of rotatable bonds is 5. The molecule has 0 aromatic carbocycles. The van der Waals surface area contributed by atoms with Crippen LogP contribution in [0.2, 0.25) is 0 Å². The first-order chi connectivity index (χ1) is 9.72. The van der Waals surface area contributed by atoms with Gasteiger partial charge in [0.25, 0.3) is 0 Å². The van der Waals surface area contributed by atoms with Crippen LogP contribution in [0, 0.1) is 6.92 Å². The third-order valence-electron chi connectivity index (χ3n) is 2.97. The van der Waals surface area contributed by atoms with Gasteiger partial charge in [0.2, 0.25) is 0 Å². The predicted octanol–water partition coefficient (Wildman–Crippen LogP) is 2.12. The van der Waals surface area contributed by atoms with Crippen LogP contribution >= 0.6 is 11.3 Å². The largest absolute Gasteiger partial charge is 0.375 e. The number of hydrogen-bond acceptors (Lipinski definition) is 6. The van der Waals surface area contributed by atoms with Crippen LogP contribution in [0.1, 0.15) is 17.8 Å². The summed E-state index contributed by atoms with van der Waals surface area (Å²) in [5.74, 6) is 0.968. The van der Waals surface area contributed by atoms with E-state index in [0.29, 0.717) is 5.13 Å². The Bertz CT molecular complexity index is 717. The maximum atomic E-state index is 5.61. The maximum absolute atomic E-state index is 5.61. The van der Waals surface area contributed by atoms with Crippen LogP contribution in [0.3, 0.4) is 0 Å². The Morgan fingerprint density at radius 2 is 2.30 bits per heavy atom. The molecule has 3 aromatic rings. The van der Waals surface area contributed by atoms with Crippen LogP contribution in [-0.4, -0.2) is 26.1 Å². The van der Waals surface area contributed by atoms with Gasteiger partial charge in [0.15, 0.2) is 10.8 Å². The summed E-state index contributed by atoms with van der Waals surface area (Å²) in [6, 6.07) is 3.90. The van der Waals surface area contributed by atoms with Gasteiger partial charge >= 0.3 is 0 Å². The average Bonchev–Trinajstić information content (AvgIpc) is 3.03. The van der Waals surface area contributed by atoms with Crippen molar-refractivity contribution in [3.05, 3.63) is 35.1 Å². The van der Waals surface area contributed by atoms with Crippen molar-refractivity contribution in [2.45, 2.75) is 19.8 Å². The third-order valence-corrected chi connectivity index (χ3v) is 3.70. The Hall–Kier alpha value is -2.15. The Morgan fingerprint density at radius 1 is 1.40 bits per heavy atom. The lowest BCUT2D eigenvalue weighted by molar-refractivity contribution is 0.827. The average molecular weight is 288 g/mol. The molecule has 104 valence electrons. The molecule has 0 spiro atoms. The summed E-state index contributed by atoms with van der Waals surface area (Å²) in [7, 11) is 0. The highest BCUT2D eigenvalue weighted by atomic mass is 32.1.